The average Bonchev–Trinajstić information content (AvgIpc) is 2.49. The van der Waals surface area contributed by atoms with Crippen molar-refractivity contribution in [1.82, 2.24) is 0 Å². The number of nitrogens with two attached hydrogens (primary N) is 1. The summed E-state index contributed by atoms with van der Waals surface area (Å²) in [5.74, 6) is -0.872. The summed E-state index contributed by atoms with van der Waals surface area (Å²) in [7, 11) is -3.53. The van der Waals surface area contributed by atoms with Crippen molar-refractivity contribution in [2.75, 3.05) is 0 Å². The van der Waals surface area contributed by atoms with Gasteiger partial charge in [-0.1, -0.05) is 43.7 Å². The second-order valence-corrected chi connectivity index (χ2v) is 6.10. The predicted octanol–water partition coefficient (Wildman–Crippen LogP) is 3.36. The van der Waals surface area contributed by atoms with E-state index < -0.39 is 16.0 Å². The monoisotopic (exact) mass is 337 g/mol. The smallest absolute Gasteiger partial charge is 0.335 e. The van der Waals surface area contributed by atoms with E-state index in [4.69, 9.17) is 10.2 Å². The van der Waals surface area contributed by atoms with E-state index in [1.54, 1.807) is 24.3 Å². The van der Waals surface area contributed by atoms with Gasteiger partial charge in [0.25, 0.3) is 0 Å². The summed E-state index contributed by atoms with van der Waals surface area (Å²) in [5, 5.41) is 13.4. The number of primary sulfonamides is 1. The first-order valence-corrected chi connectivity index (χ1v) is 8.64. The molecule has 6 heteroatoms. The summed E-state index contributed by atoms with van der Waals surface area (Å²) in [4.78, 5) is 10.5. The summed E-state index contributed by atoms with van der Waals surface area (Å²) < 4.78 is 21.5. The molecule has 2 rings (SSSR count). The molecular formula is C17H23NO4S. The Morgan fingerprint density at radius 2 is 1.43 bits per heavy atom. The van der Waals surface area contributed by atoms with Crippen LogP contribution in [0, 0.1) is 13.8 Å². The highest BCUT2D eigenvalue weighted by atomic mass is 32.2. The number of carboxylic acid groups (broad SMARTS) is 1. The maximum Gasteiger partial charge on any atom is 0.335 e. The van der Waals surface area contributed by atoms with Crippen LogP contribution in [0.15, 0.2) is 53.4 Å². The molecule has 5 nitrogen and oxygen atoms in total. The van der Waals surface area contributed by atoms with Crippen LogP contribution in [-0.4, -0.2) is 19.5 Å². The fourth-order valence-electron chi connectivity index (χ4n) is 1.57. The van der Waals surface area contributed by atoms with Crippen LogP contribution in [0.3, 0.4) is 0 Å². The van der Waals surface area contributed by atoms with Gasteiger partial charge in [-0.2, -0.15) is 0 Å². The number of aromatic carboxylic acids is 1. The minimum atomic E-state index is -3.53. The molecule has 0 aliphatic rings. The van der Waals surface area contributed by atoms with Gasteiger partial charge in [-0.25, -0.2) is 18.4 Å². The van der Waals surface area contributed by atoms with Gasteiger partial charge in [0.05, 0.1) is 10.5 Å². The van der Waals surface area contributed by atoms with Gasteiger partial charge in [-0.05, 0) is 43.7 Å². The van der Waals surface area contributed by atoms with E-state index in [2.05, 4.69) is 0 Å². The highest BCUT2D eigenvalue weighted by Gasteiger charge is 2.05. The molecule has 2 aromatic carbocycles. The summed E-state index contributed by atoms with van der Waals surface area (Å²) >= 11 is 0. The van der Waals surface area contributed by atoms with E-state index in [1.807, 2.05) is 39.8 Å². The molecule has 0 atom stereocenters. The van der Waals surface area contributed by atoms with Crippen molar-refractivity contribution >= 4 is 16.0 Å². The maximum absolute atomic E-state index is 10.8. The van der Waals surface area contributed by atoms with E-state index in [-0.39, 0.29) is 4.90 Å². The number of benzene rings is 2. The van der Waals surface area contributed by atoms with Crippen molar-refractivity contribution in [3.05, 3.63) is 65.2 Å². The number of carboxylic acids is 1. The lowest BCUT2D eigenvalue weighted by Crippen LogP contribution is -2.11. The van der Waals surface area contributed by atoms with Crippen LogP contribution in [-0.2, 0) is 10.0 Å². The van der Waals surface area contributed by atoms with Gasteiger partial charge in [0.2, 0.25) is 10.0 Å². The zero-order valence-electron chi connectivity index (χ0n) is 13.8. The molecule has 0 heterocycles. The minimum Gasteiger partial charge on any atom is -0.478 e. The zero-order chi connectivity index (χ0) is 18.0. The van der Waals surface area contributed by atoms with Gasteiger partial charge in [0, 0.05) is 0 Å². The molecular weight excluding hydrogens is 314 g/mol. The second-order valence-electron chi connectivity index (χ2n) is 4.54. The number of aryl methyl sites for hydroxylation is 2. The van der Waals surface area contributed by atoms with Crippen LogP contribution in [0.2, 0.25) is 0 Å². The topological polar surface area (TPSA) is 97.5 Å². The zero-order valence-corrected chi connectivity index (χ0v) is 14.6. The third-order valence-corrected chi connectivity index (χ3v) is 3.49. The summed E-state index contributed by atoms with van der Waals surface area (Å²) in [6.07, 6.45) is 0. The highest BCUT2D eigenvalue weighted by Crippen LogP contribution is 2.07. The molecule has 0 aromatic heterocycles. The second kappa shape index (κ2) is 9.76. The van der Waals surface area contributed by atoms with Crippen molar-refractivity contribution in [2.45, 2.75) is 32.6 Å². The van der Waals surface area contributed by atoms with Gasteiger partial charge in [0.15, 0.2) is 0 Å². The quantitative estimate of drug-likeness (QED) is 0.878. The first-order chi connectivity index (χ1) is 10.7. The predicted molar refractivity (Wildman–Crippen MR) is 92.0 cm³/mol. The van der Waals surface area contributed by atoms with Gasteiger partial charge in [0.1, 0.15) is 0 Å². The number of hydrogen-bond acceptors (Lipinski definition) is 3. The lowest BCUT2D eigenvalue weighted by molar-refractivity contribution is 0.0696. The molecule has 0 saturated carbocycles. The molecule has 0 unspecified atom stereocenters. The summed E-state index contributed by atoms with van der Waals surface area (Å²) in [6.45, 7) is 7.68. The van der Waals surface area contributed by atoms with E-state index in [9.17, 15) is 13.2 Å². The van der Waals surface area contributed by atoms with E-state index in [0.29, 0.717) is 5.56 Å². The highest BCUT2D eigenvalue weighted by molar-refractivity contribution is 7.89. The Bertz CT molecular complexity index is 740. The largest absolute Gasteiger partial charge is 0.478 e. The normalized spacial score (nSPS) is 9.78. The number of carbonyl (C=O) groups is 1. The molecule has 0 bridgehead atoms. The molecule has 0 aliphatic heterocycles. The third-order valence-electron chi connectivity index (χ3n) is 2.58. The maximum atomic E-state index is 10.8. The Morgan fingerprint density at radius 3 is 1.74 bits per heavy atom. The first kappa shape index (κ1) is 20.8. The van der Waals surface area contributed by atoms with E-state index in [1.165, 1.54) is 12.1 Å². The fourth-order valence-corrected chi connectivity index (χ4v) is 2.19. The van der Waals surface area contributed by atoms with Gasteiger partial charge in [-0.15, -0.1) is 0 Å². The van der Waals surface area contributed by atoms with Crippen LogP contribution < -0.4 is 5.14 Å². The van der Waals surface area contributed by atoms with Crippen molar-refractivity contribution < 1.29 is 18.3 Å². The lowest BCUT2D eigenvalue weighted by Gasteiger charge is -1.97. The molecule has 3 N–H and O–H groups in total. The van der Waals surface area contributed by atoms with Crippen LogP contribution >= 0.6 is 0 Å². The van der Waals surface area contributed by atoms with Gasteiger partial charge in [-0.3, -0.25) is 0 Å². The van der Waals surface area contributed by atoms with Crippen LogP contribution in [0.4, 0.5) is 0 Å². The minimum absolute atomic E-state index is 0.164. The molecule has 0 aliphatic carbocycles. The molecule has 0 saturated heterocycles. The van der Waals surface area contributed by atoms with Crippen LogP contribution in [0.25, 0.3) is 0 Å². The standard InChI is InChI=1S/C8H8O2.C7H9NO2S.C2H6/c1-6-3-2-4-7(5-6)8(9)10;1-6-3-2-4-7(5-6)11(8,9)10;1-2/h2-5H,1H3,(H,9,10);2-5H,1H3,(H2,8,9,10);1-2H3. The SMILES string of the molecule is CC.Cc1cccc(C(=O)O)c1.Cc1cccc(S(N)(=O)=O)c1. The van der Waals surface area contributed by atoms with Crippen molar-refractivity contribution in [3.8, 4) is 0 Å². The molecule has 0 radical (unpaired) electrons. The number of rotatable bonds is 2. The molecule has 23 heavy (non-hydrogen) atoms. The van der Waals surface area contributed by atoms with Crippen molar-refractivity contribution in [3.63, 3.8) is 0 Å². The van der Waals surface area contributed by atoms with Gasteiger partial charge < -0.3 is 5.11 Å². The Hall–Kier alpha value is -2.18. The van der Waals surface area contributed by atoms with Crippen LogP contribution in [0.1, 0.15) is 35.3 Å². The Morgan fingerprint density at radius 1 is 0.957 bits per heavy atom. The third kappa shape index (κ3) is 8.13. The van der Waals surface area contributed by atoms with Crippen LogP contribution in [0.5, 0.6) is 0 Å². The summed E-state index contributed by atoms with van der Waals surface area (Å²) in [5.41, 5.74) is 2.21. The molecule has 0 spiro atoms. The van der Waals surface area contributed by atoms with E-state index in [0.717, 1.165) is 11.1 Å². The summed E-state index contributed by atoms with van der Waals surface area (Å²) in [6, 6.07) is 13.3. The van der Waals surface area contributed by atoms with Crippen molar-refractivity contribution in [1.29, 1.82) is 0 Å². The molecule has 126 valence electrons. The molecule has 2 aromatic rings. The number of hydrogen-bond donors (Lipinski definition) is 2. The fraction of sp³-hybridized carbons (Fsp3) is 0.235. The first-order valence-electron chi connectivity index (χ1n) is 7.09. The number of sulfonamides is 1. The lowest BCUT2D eigenvalue weighted by atomic mass is 10.1. The van der Waals surface area contributed by atoms with Crippen molar-refractivity contribution in [2.24, 2.45) is 5.14 Å². The molecule has 0 fully saturated rings. The Labute approximate surface area is 137 Å². The Balaban J connectivity index is 0.000000381. The Kier molecular flexibility index (Phi) is 8.83. The average molecular weight is 337 g/mol. The van der Waals surface area contributed by atoms with E-state index >= 15 is 0 Å². The molecule has 0 amide bonds. The van der Waals surface area contributed by atoms with Gasteiger partial charge >= 0.3 is 5.97 Å².